The lowest BCUT2D eigenvalue weighted by Crippen LogP contribution is -2.47. The second kappa shape index (κ2) is 8.11. The van der Waals surface area contributed by atoms with Gasteiger partial charge in [-0.3, -0.25) is 4.79 Å². The van der Waals surface area contributed by atoms with Crippen molar-refractivity contribution in [2.24, 2.45) is 0 Å². The molecule has 0 unspecified atom stereocenters. The highest BCUT2D eigenvalue weighted by Crippen LogP contribution is 2.32. The Bertz CT molecular complexity index is 812. The molecule has 0 saturated heterocycles. The average Bonchev–Trinajstić information content (AvgIpc) is 3.12. The van der Waals surface area contributed by atoms with E-state index in [9.17, 15) is 10.1 Å². The number of benzene rings is 2. The Morgan fingerprint density at radius 1 is 1.19 bits per heavy atom. The van der Waals surface area contributed by atoms with Crippen molar-refractivity contribution < 1.29 is 9.53 Å². The largest absolute Gasteiger partial charge is 0.455 e. The SMILES string of the molecule is N#CC1(NC(=O)CNc2cc(Cl)ccc2Oc2ccccc2)CCCC1. The van der Waals surface area contributed by atoms with Crippen LogP contribution in [0.25, 0.3) is 0 Å². The molecular weight excluding hydrogens is 350 g/mol. The molecule has 1 saturated carbocycles. The molecule has 0 radical (unpaired) electrons. The number of nitriles is 1. The first-order chi connectivity index (χ1) is 12.6. The molecule has 2 N–H and O–H groups in total. The van der Waals surface area contributed by atoms with Gasteiger partial charge in [0.15, 0.2) is 5.75 Å². The third kappa shape index (κ3) is 4.47. The quantitative estimate of drug-likeness (QED) is 0.786. The summed E-state index contributed by atoms with van der Waals surface area (Å²) in [6.07, 6.45) is 3.33. The Morgan fingerprint density at radius 3 is 2.62 bits per heavy atom. The van der Waals surface area contributed by atoms with Gasteiger partial charge in [-0.2, -0.15) is 5.26 Å². The van der Waals surface area contributed by atoms with Crippen LogP contribution in [0, 0.1) is 11.3 Å². The van der Waals surface area contributed by atoms with Gasteiger partial charge in [-0.1, -0.05) is 29.8 Å². The van der Waals surface area contributed by atoms with E-state index in [0.717, 1.165) is 12.8 Å². The second-order valence-electron chi connectivity index (χ2n) is 6.36. The summed E-state index contributed by atoms with van der Waals surface area (Å²) in [5, 5.41) is 15.8. The lowest BCUT2D eigenvalue weighted by atomic mass is 10.00. The van der Waals surface area contributed by atoms with Crippen LogP contribution >= 0.6 is 11.6 Å². The first-order valence-corrected chi connectivity index (χ1v) is 8.97. The molecule has 0 aromatic heterocycles. The molecule has 0 aliphatic heterocycles. The highest BCUT2D eigenvalue weighted by Gasteiger charge is 2.35. The highest BCUT2D eigenvalue weighted by atomic mass is 35.5. The van der Waals surface area contributed by atoms with Crippen molar-refractivity contribution in [1.29, 1.82) is 5.26 Å². The molecule has 1 amide bonds. The molecule has 0 atom stereocenters. The number of carbonyl (C=O) groups excluding carboxylic acids is 1. The second-order valence-corrected chi connectivity index (χ2v) is 6.79. The van der Waals surface area contributed by atoms with Crippen LogP contribution in [-0.4, -0.2) is 18.0 Å². The zero-order chi connectivity index (χ0) is 18.4. The maximum atomic E-state index is 12.3. The minimum Gasteiger partial charge on any atom is -0.455 e. The molecule has 1 aliphatic carbocycles. The summed E-state index contributed by atoms with van der Waals surface area (Å²) in [4.78, 5) is 12.3. The lowest BCUT2D eigenvalue weighted by Gasteiger charge is -2.22. The predicted octanol–water partition coefficient (Wildman–Crippen LogP) is 4.50. The van der Waals surface area contributed by atoms with Gasteiger partial charge in [-0.05, 0) is 56.0 Å². The van der Waals surface area contributed by atoms with Gasteiger partial charge in [-0.15, -0.1) is 0 Å². The van der Waals surface area contributed by atoms with Gasteiger partial charge in [0.2, 0.25) is 5.91 Å². The van der Waals surface area contributed by atoms with E-state index in [0.29, 0.717) is 35.1 Å². The third-order valence-electron chi connectivity index (χ3n) is 4.40. The average molecular weight is 370 g/mol. The topological polar surface area (TPSA) is 74.2 Å². The van der Waals surface area contributed by atoms with Crippen LogP contribution in [-0.2, 0) is 4.79 Å². The molecule has 3 rings (SSSR count). The van der Waals surface area contributed by atoms with Gasteiger partial charge < -0.3 is 15.4 Å². The maximum Gasteiger partial charge on any atom is 0.240 e. The van der Waals surface area contributed by atoms with E-state index >= 15 is 0 Å². The number of hydrogen-bond donors (Lipinski definition) is 2. The Morgan fingerprint density at radius 2 is 1.92 bits per heavy atom. The van der Waals surface area contributed by atoms with Crippen LogP contribution in [0.2, 0.25) is 5.02 Å². The Labute approximate surface area is 157 Å². The van der Waals surface area contributed by atoms with Crippen LogP contribution in [0.4, 0.5) is 5.69 Å². The number of carbonyl (C=O) groups is 1. The van der Waals surface area contributed by atoms with Gasteiger partial charge in [0.1, 0.15) is 11.3 Å². The fourth-order valence-electron chi connectivity index (χ4n) is 3.07. The summed E-state index contributed by atoms with van der Waals surface area (Å²) < 4.78 is 5.87. The zero-order valence-corrected chi connectivity index (χ0v) is 15.1. The molecule has 5 nitrogen and oxygen atoms in total. The Balaban J connectivity index is 1.66. The number of ether oxygens (including phenoxy) is 1. The van der Waals surface area contributed by atoms with Crippen molar-refractivity contribution in [2.45, 2.75) is 31.2 Å². The number of rotatable bonds is 6. The van der Waals surface area contributed by atoms with Gasteiger partial charge in [0.05, 0.1) is 18.3 Å². The molecule has 2 aromatic carbocycles. The fourth-order valence-corrected chi connectivity index (χ4v) is 3.25. The summed E-state index contributed by atoms with van der Waals surface area (Å²) >= 11 is 6.08. The summed E-state index contributed by atoms with van der Waals surface area (Å²) in [6.45, 7) is 0.0366. The van der Waals surface area contributed by atoms with Crippen molar-refractivity contribution in [3.63, 3.8) is 0 Å². The lowest BCUT2D eigenvalue weighted by molar-refractivity contribution is -0.120. The van der Waals surface area contributed by atoms with Gasteiger partial charge >= 0.3 is 0 Å². The number of halogens is 1. The van der Waals surface area contributed by atoms with E-state index in [1.807, 2.05) is 30.3 Å². The maximum absolute atomic E-state index is 12.3. The molecule has 0 bridgehead atoms. The molecule has 134 valence electrons. The first kappa shape index (κ1) is 18.1. The standard InChI is InChI=1S/C20H20ClN3O2/c21-15-8-9-18(26-16-6-2-1-3-7-16)17(12-15)23-13-19(25)24-20(14-22)10-4-5-11-20/h1-3,6-9,12,23H,4-5,10-11,13H2,(H,24,25). The van der Waals surface area contributed by atoms with E-state index in [4.69, 9.17) is 16.3 Å². The van der Waals surface area contributed by atoms with E-state index in [1.165, 1.54) is 0 Å². The number of nitrogens with zero attached hydrogens (tertiary/aromatic N) is 1. The summed E-state index contributed by atoms with van der Waals surface area (Å²) in [6, 6.07) is 16.8. The zero-order valence-electron chi connectivity index (χ0n) is 14.3. The van der Waals surface area contributed by atoms with Crippen LogP contribution in [0.3, 0.4) is 0 Å². The summed E-state index contributed by atoms with van der Waals surface area (Å²) in [7, 11) is 0. The van der Waals surface area contributed by atoms with Gasteiger partial charge in [0.25, 0.3) is 0 Å². The van der Waals surface area contributed by atoms with Crippen molar-refractivity contribution in [3.05, 3.63) is 53.6 Å². The van der Waals surface area contributed by atoms with E-state index < -0.39 is 5.54 Å². The van der Waals surface area contributed by atoms with Crippen molar-refractivity contribution >= 4 is 23.2 Å². The number of nitrogens with one attached hydrogen (secondary N) is 2. The van der Waals surface area contributed by atoms with E-state index in [-0.39, 0.29) is 12.5 Å². The molecular formula is C20H20ClN3O2. The predicted molar refractivity (Wildman–Crippen MR) is 101 cm³/mol. The Hall–Kier alpha value is -2.71. The minimum atomic E-state index is -0.726. The number of hydrogen-bond acceptors (Lipinski definition) is 4. The van der Waals surface area contributed by atoms with E-state index in [2.05, 4.69) is 16.7 Å². The molecule has 26 heavy (non-hydrogen) atoms. The molecule has 1 fully saturated rings. The molecule has 0 heterocycles. The van der Waals surface area contributed by atoms with Crippen LogP contribution in [0.15, 0.2) is 48.5 Å². The van der Waals surface area contributed by atoms with Gasteiger partial charge in [0, 0.05) is 5.02 Å². The summed E-state index contributed by atoms with van der Waals surface area (Å²) in [5.41, 5.74) is -0.106. The number of para-hydroxylation sites is 1. The van der Waals surface area contributed by atoms with Crippen LogP contribution < -0.4 is 15.4 Å². The first-order valence-electron chi connectivity index (χ1n) is 8.59. The highest BCUT2D eigenvalue weighted by molar-refractivity contribution is 6.30. The summed E-state index contributed by atoms with van der Waals surface area (Å²) in [5.74, 6) is 1.04. The normalized spacial score (nSPS) is 15.1. The minimum absolute atomic E-state index is 0.0366. The number of amides is 1. The van der Waals surface area contributed by atoms with Gasteiger partial charge in [-0.25, -0.2) is 0 Å². The molecule has 1 aliphatic rings. The Kier molecular flexibility index (Phi) is 5.65. The van der Waals surface area contributed by atoms with Crippen molar-refractivity contribution in [2.75, 3.05) is 11.9 Å². The number of anilines is 1. The van der Waals surface area contributed by atoms with Crippen LogP contribution in [0.5, 0.6) is 11.5 Å². The van der Waals surface area contributed by atoms with Crippen LogP contribution in [0.1, 0.15) is 25.7 Å². The van der Waals surface area contributed by atoms with Crippen molar-refractivity contribution in [3.8, 4) is 17.6 Å². The third-order valence-corrected chi connectivity index (χ3v) is 4.64. The molecule has 2 aromatic rings. The smallest absolute Gasteiger partial charge is 0.240 e. The van der Waals surface area contributed by atoms with E-state index in [1.54, 1.807) is 18.2 Å². The monoisotopic (exact) mass is 369 g/mol. The molecule has 6 heteroatoms. The van der Waals surface area contributed by atoms with Crippen molar-refractivity contribution in [1.82, 2.24) is 5.32 Å². The fraction of sp³-hybridized carbons (Fsp3) is 0.300. The molecule has 0 spiro atoms.